The molecule has 5 rings (SSSR count). The van der Waals surface area contributed by atoms with E-state index in [-0.39, 0.29) is 36.7 Å². The second-order valence-electron chi connectivity index (χ2n) is 8.71. The summed E-state index contributed by atoms with van der Waals surface area (Å²) in [5.41, 5.74) is 4.53. The van der Waals surface area contributed by atoms with Crippen molar-refractivity contribution in [1.29, 1.82) is 0 Å². The molecule has 1 unspecified atom stereocenters. The molecule has 0 bridgehead atoms. The minimum absolute atomic E-state index is 0.00216. The topological polar surface area (TPSA) is 79.0 Å². The van der Waals surface area contributed by atoms with Crippen LogP contribution in [0.1, 0.15) is 29.5 Å². The van der Waals surface area contributed by atoms with E-state index in [9.17, 15) is 14.4 Å². The first-order valence-corrected chi connectivity index (χ1v) is 11.3. The number of fused-ring (bicyclic) bond motifs is 2. The molecule has 1 aliphatic carbocycles. The summed E-state index contributed by atoms with van der Waals surface area (Å²) >= 11 is 0. The number of para-hydroxylation sites is 1. The van der Waals surface area contributed by atoms with Crippen molar-refractivity contribution >= 4 is 23.4 Å². The molecule has 7 heteroatoms. The average molecular weight is 434 g/mol. The summed E-state index contributed by atoms with van der Waals surface area (Å²) in [6.45, 7) is 1.60. The monoisotopic (exact) mass is 433 g/mol. The molecule has 2 aromatic carbocycles. The number of hydrogen-bond acceptors (Lipinski definition) is 4. The minimum atomic E-state index is -0.375. The van der Waals surface area contributed by atoms with Crippen molar-refractivity contribution in [1.82, 2.24) is 10.2 Å². The lowest BCUT2D eigenvalue weighted by Gasteiger charge is -2.21. The van der Waals surface area contributed by atoms with Crippen LogP contribution >= 0.6 is 0 Å². The minimum Gasteiger partial charge on any atom is -0.483 e. The Morgan fingerprint density at radius 1 is 1.03 bits per heavy atom. The highest BCUT2D eigenvalue weighted by atomic mass is 16.5. The Morgan fingerprint density at radius 2 is 1.88 bits per heavy atom. The van der Waals surface area contributed by atoms with Crippen molar-refractivity contribution in [3.8, 4) is 5.75 Å². The van der Waals surface area contributed by atoms with Crippen LogP contribution in [0.2, 0.25) is 0 Å². The number of amides is 3. The van der Waals surface area contributed by atoms with Crippen LogP contribution < -0.4 is 15.0 Å². The Balaban J connectivity index is 1.15. The molecule has 32 heavy (non-hydrogen) atoms. The molecule has 3 aliphatic rings. The van der Waals surface area contributed by atoms with Gasteiger partial charge < -0.3 is 19.9 Å². The second kappa shape index (κ2) is 8.65. The van der Waals surface area contributed by atoms with Crippen molar-refractivity contribution in [2.45, 2.75) is 32.2 Å². The molecule has 0 radical (unpaired) electrons. The standard InChI is InChI=1S/C25H27N3O4/c29-23-13-20(15-28(23)21-9-8-17-5-3-6-18(17)12-21)25(31)26-10-11-27-14-19-4-1-2-7-22(19)32-16-24(27)30/h1-2,4,7-9,12,20H,3,5-6,10-11,13-16H2,(H,26,31). The van der Waals surface area contributed by atoms with Crippen molar-refractivity contribution in [3.05, 3.63) is 59.2 Å². The van der Waals surface area contributed by atoms with E-state index in [2.05, 4.69) is 17.4 Å². The Labute approximate surface area is 187 Å². The summed E-state index contributed by atoms with van der Waals surface area (Å²) in [6.07, 6.45) is 3.54. The quantitative estimate of drug-likeness (QED) is 0.783. The molecule has 2 aromatic rings. The summed E-state index contributed by atoms with van der Waals surface area (Å²) < 4.78 is 5.57. The van der Waals surface area contributed by atoms with Gasteiger partial charge in [0.15, 0.2) is 6.61 Å². The normalized spacial score (nSPS) is 19.9. The second-order valence-corrected chi connectivity index (χ2v) is 8.71. The largest absolute Gasteiger partial charge is 0.483 e. The highest BCUT2D eigenvalue weighted by molar-refractivity contribution is 6.00. The fraction of sp³-hybridized carbons (Fsp3) is 0.400. The zero-order valence-electron chi connectivity index (χ0n) is 18.0. The summed E-state index contributed by atoms with van der Waals surface area (Å²) in [4.78, 5) is 41.1. The number of hydrogen-bond donors (Lipinski definition) is 1. The van der Waals surface area contributed by atoms with Crippen LogP contribution in [0.4, 0.5) is 5.69 Å². The number of carbonyl (C=O) groups excluding carboxylic acids is 3. The molecule has 0 saturated carbocycles. The number of nitrogens with one attached hydrogen (secondary N) is 1. The van der Waals surface area contributed by atoms with Gasteiger partial charge >= 0.3 is 0 Å². The molecule has 1 saturated heterocycles. The van der Waals surface area contributed by atoms with Crippen LogP contribution in [0.25, 0.3) is 0 Å². The Hall–Kier alpha value is -3.35. The van der Waals surface area contributed by atoms with Gasteiger partial charge in [-0.3, -0.25) is 14.4 Å². The van der Waals surface area contributed by atoms with Crippen molar-refractivity contribution < 1.29 is 19.1 Å². The third-order valence-corrected chi connectivity index (χ3v) is 6.61. The van der Waals surface area contributed by atoms with Crippen molar-refractivity contribution in [3.63, 3.8) is 0 Å². The van der Waals surface area contributed by atoms with Gasteiger partial charge in [0.25, 0.3) is 5.91 Å². The zero-order valence-corrected chi connectivity index (χ0v) is 18.0. The molecule has 1 N–H and O–H groups in total. The lowest BCUT2D eigenvalue weighted by atomic mass is 10.1. The third kappa shape index (κ3) is 4.07. The fourth-order valence-corrected chi connectivity index (χ4v) is 4.82. The molecule has 2 heterocycles. The molecule has 7 nitrogen and oxygen atoms in total. The SMILES string of the molecule is O=C(NCCN1Cc2ccccc2OCC1=O)C1CC(=O)N(c2ccc3c(c2)CCC3)C1. The molecular formula is C25H27N3O4. The van der Waals surface area contributed by atoms with Crippen LogP contribution in [-0.4, -0.2) is 48.9 Å². The maximum atomic E-state index is 12.7. The third-order valence-electron chi connectivity index (χ3n) is 6.61. The lowest BCUT2D eigenvalue weighted by Crippen LogP contribution is -2.41. The maximum Gasteiger partial charge on any atom is 0.260 e. The van der Waals surface area contributed by atoms with E-state index in [0.29, 0.717) is 26.2 Å². The van der Waals surface area contributed by atoms with Crippen LogP contribution in [-0.2, 0) is 33.8 Å². The van der Waals surface area contributed by atoms with E-state index >= 15 is 0 Å². The highest BCUT2D eigenvalue weighted by Crippen LogP contribution is 2.30. The fourth-order valence-electron chi connectivity index (χ4n) is 4.82. The van der Waals surface area contributed by atoms with Gasteiger partial charge in [-0.15, -0.1) is 0 Å². The van der Waals surface area contributed by atoms with Crippen LogP contribution in [0, 0.1) is 5.92 Å². The van der Waals surface area contributed by atoms with E-state index in [1.807, 2.05) is 30.3 Å². The Kier molecular flexibility index (Phi) is 5.55. The lowest BCUT2D eigenvalue weighted by molar-refractivity contribution is -0.133. The van der Waals surface area contributed by atoms with Gasteiger partial charge in [-0.05, 0) is 48.6 Å². The van der Waals surface area contributed by atoms with Gasteiger partial charge in [0, 0.05) is 43.9 Å². The number of benzene rings is 2. The van der Waals surface area contributed by atoms with E-state index in [1.165, 1.54) is 11.1 Å². The summed E-state index contributed by atoms with van der Waals surface area (Å²) in [6, 6.07) is 13.8. The van der Waals surface area contributed by atoms with Gasteiger partial charge in [-0.2, -0.15) is 0 Å². The van der Waals surface area contributed by atoms with Gasteiger partial charge in [0.2, 0.25) is 11.8 Å². The number of ether oxygens (including phenoxy) is 1. The zero-order chi connectivity index (χ0) is 22.1. The summed E-state index contributed by atoms with van der Waals surface area (Å²) in [7, 11) is 0. The van der Waals surface area contributed by atoms with Crippen LogP contribution in [0.5, 0.6) is 5.75 Å². The van der Waals surface area contributed by atoms with E-state index in [4.69, 9.17) is 4.74 Å². The van der Waals surface area contributed by atoms with Crippen LogP contribution in [0.15, 0.2) is 42.5 Å². The van der Waals surface area contributed by atoms with Gasteiger partial charge in [0.05, 0.1) is 5.92 Å². The predicted octanol–water partition coefficient (Wildman–Crippen LogP) is 2.07. The molecule has 1 fully saturated rings. The van der Waals surface area contributed by atoms with E-state index in [1.54, 1.807) is 9.80 Å². The van der Waals surface area contributed by atoms with Gasteiger partial charge in [0.1, 0.15) is 5.75 Å². The summed E-state index contributed by atoms with van der Waals surface area (Å²) in [5.74, 6) is 0.0953. The molecule has 2 aliphatic heterocycles. The van der Waals surface area contributed by atoms with E-state index < -0.39 is 0 Å². The Morgan fingerprint density at radius 3 is 2.78 bits per heavy atom. The Bertz CT molecular complexity index is 1070. The van der Waals surface area contributed by atoms with Gasteiger partial charge in [-0.1, -0.05) is 24.3 Å². The van der Waals surface area contributed by atoms with E-state index in [0.717, 1.165) is 36.3 Å². The van der Waals surface area contributed by atoms with Crippen molar-refractivity contribution in [2.75, 3.05) is 31.1 Å². The highest BCUT2D eigenvalue weighted by Gasteiger charge is 2.35. The number of nitrogens with zero attached hydrogens (tertiary/aromatic N) is 2. The molecule has 3 amide bonds. The molecular weight excluding hydrogens is 406 g/mol. The first-order valence-electron chi connectivity index (χ1n) is 11.3. The smallest absolute Gasteiger partial charge is 0.260 e. The number of aryl methyl sites for hydroxylation is 2. The first kappa shape index (κ1) is 20.5. The molecule has 0 spiro atoms. The average Bonchev–Trinajstić information content (AvgIpc) is 3.39. The van der Waals surface area contributed by atoms with Gasteiger partial charge in [-0.25, -0.2) is 0 Å². The molecule has 0 aromatic heterocycles. The number of rotatable bonds is 5. The van der Waals surface area contributed by atoms with Crippen molar-refractivity contribution in [2.24, 2.45) is 5.92 Å². The maximum absolute atomic E-state index is 12.7. The number of anilines is 1. The predicted molar refractivity (Wildman–Crippen MR) is 119 cm³/mol. The molecule has 1 atom stereocenters. The molecule has 166 valence electrons. The number of carbonyl (C=O) groups is 3. The first-order chi connectivity index (χ1) is 15.6. The van der Waals surface area contributed by atoms with Crippen LogP contribution in [0.3, 0.4) is 0 Å². The summed E-state index contributed by atoms with van der Waals surface area (Å²) in [5, 5.41) is 2.92.